The van der Waals surface area contributed by atoms with Gasteiger partial charge in [0.15, 0.2) is 7.98 Å². The van der Waals surface area contributed by atoms with E-state index in [1.807, 2.05) is 11.5 Å². The van der Waals surface area contributed by atoms with Gasteiger partial charge in [0.2, 0.25) is 27.7 Å². The molecule has 0 radical (unpaired) electrons. The van der Waals surface area contributed by atoms with Gasteiger partial charge in [-0.2, -0.15) is 29.9 Å². The Kier molecular flexibility index (Phi) is 8.11. The zero-order valence-corrected chi connectivity index (χ0v) is 14.5. The number of halogens is 4. The number of nitrogens with zero attached hydrogens (tertiary/aromatic N) is 6. The van der Waals surface area contributed by atoms with Crippen LogP contribution in [0.15, 0.2) is 5.16 Å². The van der Waals surface area contributed by atoms with Gasteiger partial charge in [0.25, 0.3) is 0 Å². The minimum absolute atomic E-state index is 0. The summed E-state index contributed by atoms with van der Waals surface area (Å²) in [4.78, 5) is 31.7. The lowest BCUT2D eigenvalue weighted by atomic mass is 10.8. The number of anilines is 2. The molecule has 15 heteroatoms. The zero-order chi connectivity index (χ0) is 18.1. The molecule has 0 aliphatic heterocycles. The van der Waals surface area contributed by atoms with Gasteiger partial charge < -0.3 is 29.0 Å². The number of carboxylic acid groups (broad SMARTS) is 1. The minimum atomic E-state index is -0.980. The first kappa shape index (κ1) is 17.9. The lowest BCUT2D eigenvalue weighted by Gasteiger charge is -1.97. The van der Waals surface area contributed by atoms with Crippen molar-refractivity contribution < 1.29 is 25.1 Å². The molecule has 126 valence electrons. The van der Waals surface area contributed by atoms with Crippen LogP contribution in [0.5, 0.6) is 0 Å². The monoisotopic (exact) mass is 421 g/mol. The van der Waals surface area contributed by atoms with Crippen LogP contribution in [0.4, 0.5) is 11.9 Å². The molecule has 2 aromatic rings. The first-order chi connectivity index (χ1) is 11.3. The van der Waals surface area contributed by atoms with Gasteiger partial charge in [-0.05, 0) is 34.8 Å². The molecule has 0 unspecified atom stereocenters. The molecule has 0 fully saturated rings. The van der Waals surface area contributed by atoms with Gasteiger partial charge in [0, 0.05) is 0 Å². The summed E-state index contributed by atoms with van der Waals surface area (Å²) in [7, 11) is 0. The van der Waals surface area contributed by atoms with Gasteiger partial charge >= 0.3 is 5.97 Å². The molecule has 23 heavy (non-hydrogen) atoms. The fourth-order valence-electron chi connectivity index (χ4n) is 0.849. The highest BCUT2D eigenvalue weighted by Crippen LogP contribution is 2.14. The molecule has 0 aliphatic rings. The van der Waals surface area contributed by atoms with Crippen LogP contribution >= 0.6 is 46.6 Å². The van der Waals surface area contributed by atoms with Crippen LogP contribution in [0.25, 0.3) is 0 Å². The summed E-state index contributed by atoms with van der Waals surface area (Å²) in [5.74, 6) is -1.13. The Labute approximate surface area is 157 Å². The molecule has 0 saturated carbocycles. The first-order valence-electron chi connectivity index (χ1n) is 6.02. The fourth-order valence-corrected chi connectivity index (χ4v) is 1.98. The molecular weight excluding hydrogens is 414 g/mol. The molecule has 0 aromatic carbocycles. The normalized spacial score (nSPS) is 10.2. The fraction of sp³-hybridized carbons (Fsp3) is 0.125. The molecule has 5 N–H and O–H groups in total. The minimum Gasteiger partial charge on any atom is -1.00 e. The Hall–Kier alpha value is -1.40. The van der Waals surface area contributed by atoms with E-state index in [4.69, 9.17) is 42.7 Å². The molecule has 2 rings (SSSR count). The highest BCUT2D eigenvalue weighted by Gasteiger charge is 2.05. The lowest BCUT2D eigenvalue weighted by Crippen LogP contribution is -3.00. The Morgan fingerprint density at radius 3 is 1.96 bits per heavy atom. The quantitative estimate of drug-likeness (QED) is 0.458. The van der Waals surface area contributed by atoms with Gasteiger partial charge in [-0.25, -0.2) is 0 Å². The lowest BCUT2D eigenvalue weighted by molar-refractivity contribution is -0.133. The number of rotatable bonds is 5. The largest absolute Gasteiger partial charge is 1.00 e. The van der Waals surface area contributed by atoms with E-state index in [1.165, 1.54) is 0 Å². The van der Waals surface area contributed by atoms with Crippen LogP contribution < -0.4 is 23.9 Å². The highest BCUT2D eigenvalue weighted by atomic mass is 35.5. The van der Waals surface area contributed by atoms with Crippen molar-refractivity contribution in [1.82, 2.24) is 29.9 Å². The standard InChI is InChI=1S/C5H5ClN4O2S.C3H2Cl2N4.ClH/c6-3-8-4(7)10-5(9-3)13-1-2(11)12;4-1-7-2(5)9-3(6)8-1;/h1H2,(H,11,12)(H2,7,8,9,10);(H2,6,7,8,9);1H/p-1/i/hD2. The van der Waals surface area contributed by atoms with E-state index in [0.717, 1.165) is 11.8 Å². The van der Waals surface area contributed by atoms with Gasteiger partial charge in [-0.1, -0.05) is 11.8 Å². The number of thioether (sulfide) groups is 1. The molecule has 0 atom stereocenters. The third kappa shape index (κ3) is 9.36. The average molecular weight is 423 g/mol. The summed E-state index contributed by atoms with van der Waals surface area (Å²) in [6, 6.07) is 0. The Morgan fingerprint density at radius 2 is 1.48 bits per heavy atom. The maximum Gasteiger partial charge on any atom is 0.313 e. The molecule has 0 bridgehead atoms. The van der Waals surface area contributed by atoms with Gasteiger partial charge in [-0.15, -0.1) is 0 Å². The SMILES string of the molecule is [2H]Nc1nc(Cl)nc(Cl)n1.[2H]Nc1nc(Cl)nc(SCC(=O)O)n1.[Cl-]. The van der Waals surface area contributed by atoms with E-state index in [1.54, 1.807) is 0 Å². The van der Waals surface area contributed by atoms with E-state index in [2.05, 4.69) is 29.9 Å². The highest BCUT2D eigenvalue weighted by molar-refractivity contribution is 7.99. The van der Waals surface area contributed by atoms with Gasteiger partial charge in [0.1, 0.15) is 0 Å². The summed E-state index contributed by atoms with van der Waals surface area (Å²) in [6.45, 7) is 0. The van der Waals surface area contributed by atoms with Crippen LogP contribution in [0.2, 0.25) is 18.7 Å². The number of aliphatic carboxylic acids is 1. The van der Waals surface area contributed by atoms with E-state index >= 15 is 0 Å². The van der Waals surface area contributed by atoms with E-state index in [0.29, 0.717) is 0 Å². The molecule has 10 nitrogen and oxygen atoms in total. The third-order valence-corrected chi connectivity index (χ3v) is 2.83. The molecule has 2 aromatic heterocycles. The summed E-state index contributed by atoms with van der Waals surface area (Å²) in [5.41, 5.74) is 3.87. The van der Waals surface area contributed by atoms with Crippen molar-refractivity contribution in [3.63, 3.8) is 0 Å². The van der Waals surface area contributed by atoms with E-state index in [-0.39, 0.29) is 51.1 Å². The molecule has 2 heterocycles. The smallest absolute Gasteiger partial charge is 0.313 e. The Balaban J connectivity index is 0.000000465. The van der Waals surface area contributed by atoms with Gasteiger partial charge in [-0.3, -0.25) is 4.79 Å². The topological polar surface area (TPSA) is 167 Å². The first-order valence-corrected chi connectivity index (χ1v) is 7.14. The second-order valence-electron chi connectivity index (χ2n) is 3.09. The van der Waals surface area contributed by atoms with Gasteiger partial charge in [0.05, 0.1) is 5.75 Å². The van der Waals surface area contributed by atoms with Crippen molar-refractivity contribution in [2.75, 3.05) is 17.2 Å². The van der Waals surface area contributed by atoms with Crippen molar-refractivity contribution >= 4 is 64.4 Å². The number of hydrogen-bond donors (Lipinski definition) is 3. The Morgan fingerprint density at radius 1 is 1.00 bits per heavy atom. The molecule has 0 spiro atoms. The zero-order valence-electron chi connectivity index (χ0n) is 12.7. The van der Waals surface area contributed by atoms with Crippen molar-refractivity contribution in [3.8, 4) is 0 Å². The van der Waals surface area contributed by atoms with Crippen LogP contribution in [-0.4, -0.2) is 46.7 Å². The van der Waals surface area contributed by atoms with Crippen molar-refractivity contribution in [2.24, 2.45) is 0 Å². The molecule has 0 aliphatic carbocycles. The van der Waals surface area contributed by atoms with Crippen LogP contribution in [0, 0.1) is 0 Å². The number of carboxylic acids is 1. The van der Waals surface area contributed by atoms with Crippen LogP contribution in [-0.2, 0) is 4.79 Å². The molecule has 0 amide bonds. The van der Waals surface area contributed by atoms with E-state index in [9.17, 15) is 4.79 Å². The number of aromatic nitrogens is 6. The second kappa shape index (κ2) is 10.4. The number of carbonyl (C=O) groups is 1. The number of nitrogens with two attached hydrogens (primary N) is 2. The van der Waals surface area contributed by atoms with Crippen molar-refractivity contribution in [3.05, 3.63) is 15.9 Å². The third-order valence-electron chi connectivity index (χ3n) is 1.49. The second-order valence-corrected chi connectivity index (χ2v) is 5.05. The maximum atomic E-state index is 10.2. The predicted octanol–water partition coefficient (Wildman–Crippen LogP) is -1.95. The summed E-state index contributed by atoms with van der Waals surface area (Å²) in [5, 5.41) is 8.42. The van der Waals surface area contributed by atoms with Crippen LogP contribution in [0.1, 0.15) is 0 Å². The summed E-state index contributed by atoms with van der Waals surface area (Å²) in [6.07, 6.45) is 0. The summed E-state index contributed by atoms with van der Waals surface area (Å²) < 4.78 is 13.4. The van der Waals surface area contributed by atoms with E-state index < -0.39 is 5.97 Å². The average Bonchev–Trinajstić information content (AvgIpc) is 2.52. The maximum absolute atomic E-state index is 10.2. The molecular formula is C8H7Cl4N8O2S-. The summed E-state index contributed by atoms with van der Waals surface area (Å²) >= 11 is 17.1. The van der Waals surface area contributed by atoms with Crippen molar-refractivity contribution in [1.29, 1.82) is 0 Å². The predicted molar refractivity (Wildman–Crippen MR) is 81.9 cm³/mol. The number of hydrogen-bond acceptors (Lipinski definition) is 10. The number of nitrogen functional groups attached to an aromatic ring is 2. The Bertz CT molecular complexity index is 698. The molecule has 0 saturated heterocycles. The van der Waals surface area contributed by atoms with Crippen LogP contribution in [0.3, 0.4) is 0 Å². The van der Waals surface area contributed by atoms with Crippen molar-refractivity contribution in [2.45, 2.75) is 5.16 Å².